The molecule has 162 valence electrons. The molecule has 0 radical (unpaired) electrons. The third kappa shape index (κ3) is 3.24. The lowest BCUT2D eigenvalue weighted by atomic mass is 9.87. The molecule has 6 nitrogen and oxygen atoms in total. The molecule has 3 aromatic carbocycles. The number of hydrogen-bond donors (Lipinski definition) is 1. The van der Waals surface area contributed by atoms with Gasteiger partial charge in [0, 0.05) is 11.1 Å². The van der Waals surface area contributed by atoms with Gasteiger partial charge >= 0.3 is 0 Å². The van der Waals surface area contributed by atoms with Crippen LogP contribution >= 0.6 is 0 Å². The number of Topliss-reactive ketones (excluding diaryl/α,β-unsaturated/α-hetero) is 1. The molecule has 3 aromatic rings. The molecule has 2 heterocycles. The van der Waals surface area contributed by atoms with Gasteiger partial charge in [0.15, 0.2) is 22.9 Å². The first-order valence-electron chi connectivity index (χ1n) is 10.5. The van der Waals surface area contributed by atoms with Crippen molar-refractivity contribution in [1.29, 1.82) is 0 Å². The van der Waals surface area contributed by atoms with Crippen molar-refractivity contribution in [2.24, 2.45) is 0 Å². The number of nitrogens with zero attached hydrogens (tertiary/aromatic N) is 1. The molecule has 0 saturated heterocycles. The van der Waals surface area contributed by atoms with E-state index < -0.39 is 11.5 Å². The lowest BCUT2D eigenvalue weighted by Gasteiger charge is -2.23. The molecule has 2 aliphatic heterocycles. The van der Waals surface area contributed by atoms with Crippen LogP contribution in [0.25, 0.3) is 0 Å². The molecule has 1 atom stereocenters. The second kappa shape index (κ2) is 7.50. The average Bonchev–Trinajstić information content (AvgIpc) is 3.33. The first kappa shape index (κ1) is 20.3. The number of carbonyl (C=O) groups is 2. The minimum Gasteiger partial charge on any atom is -0.454 e. The Bertz CT molecular complexity index is 1250. The third-order valence-corrected chi connectivity index (χ3v) is 6.13. The number of rotatable bonds is 5. The fraction of sp³-hybridized carbons (Fsp3) is 0.231. The maximum Gasteiger partial charge on any atom is 0.264 e. The molecule has 0 aliphatic carbocycles. The summed E-state index contributed by atoms with van der Waals surface area (Å²) in [5.41, 5.74) is 2.27. The Kier molecular flexibility index (Phi) is 4.75. The van der Waals surface area contributed by atoms with Crippen LogP contribution in [0, 0.1) is 13.8 Å². The number of carbonyl (C=O) groups excluding carboxylic acids is 2. The highest BCUT2D eigenvalue weighted by molar-refractivity contribution is 6.11. The summed E-state index contributed by atoms with van der Waals surface area (Å²) < 4.78 is 10.8. The van der Waals surface area contributed by atoms with Gasteiger partial charge in [0.1, 0.15) is 0 Å². The van der Waals surface area contributed by atoms with Gasteiger partial charge in [0.25, 0.3) is 5.91 Å². The topological polar surface area (TPSA) is 76.1 Å². The number of para-hydroxylation sites is 1. The van der Waals surface area contributed by atoms with Gasteiger partial charge in [-0.05, 0) is 49.2 Å². The number of hydrogen-bond acceptors (Lipinski definition) is 5. The Morgan fingerprint density at radius 2 is 1.81 bits per heavy atom. The number of ketones is 1. The Labute approximate surface area is 186 Å². The van der Waals surface area contributed by atoms with E-state index in [1.807, 2.05) is 44.2 Å². The highest BCUT2D eigenvalue weighted by atomic mass is 16.7. The number of ether oxygens (including phenoxy) is 2. The van der Waals surface area contributed by atoms with Gasteiger partial charge in [-0.15, -0.1) is 0 Å². The van der Waals surface area contributed by atoms with Crippen molar-refractivity contribution in [3.05, 3.63) is 88.5 Å². The Morgan fingerprint density at radius 1 is 1.03 bits per heavy atom. The van der Waals surface area contributed by atoms with Crippen molar-refractivity contribution in [3.63, 3.8) is 0 Å². The molecule has 1 amide bonds. The second-order valence-corrected chi connectivity index (χ2v) is 8.37. The molecule has 0 aromatic heterocycles. The first-order chi connectivity index (χ1) is 15.4. The summed E-state index contributed by atoms with van der Waals surface area (Å²) in [4.78, 5) is 28.2. The third-order valence-electron chi connectivity index (χ3n) is 6.13. The molecule has 2 aliphatic rings. The maximum absolute atomic E-state index is 13.5. The predicted octanol–water partition coefficient (Wildman–Crippen LogP) is 4.04. The van der Waals surface area contributed by atoms with E-state index in [0.717, 1.165) is 16.7 Å². The van der Waals surface area contributed by atoms with E-state index in [1.165, 1.54) is 4.90 Å². The van der Waals surface area contributed by atoms with Gasteiger partial charge in [0.2, 0.25) is 6.79 Å². The van der Waals surface area contributed by atoms with Crippen LogP contribution in [0.3, 0.4) is 0 Å². The van der Waals surface area contributed by atoms with Gasteiger partial charge < -0.3 is 19.5 Å². The van der Waals surface area contributed by atoms with Crippen LogP contribution < -0.4 is 14.4 Å². The fourth-order valence-electron chi connectivity index (χ4n) is 4.42. The van der Waals surface area contributed by atoms with E-state index in [0.29, 0.717) is 28.3 Å². The molecular weight excluding hydrogens is 406 g/mol. The van der Waals surface area contributed by atoms with Crippen LogP contribution in [0.15, 0.2) is 60.7 Å². The minimum atomic E-state index is -1.92. The van der Waals surface area contributed by atoms with E-state index in [2.05, 4.69) is 0 Å². The monoisotopic (exact) mass is 429 g/mol. The van der Waals surface area contributed by atoms with Crippen LogP contribution in [-0.4, -0.2) is 23.6 Å². The van der Waals surface area contributed by atoms with Gasteiger partial charge in [-0.3, -0.25) is 9.59 Å². The molecule has 32 heavy (non-hydrogen) atoms. The number of fused-ring (bicyclic) bond motifs is 2. The van der Waals surface area contributed by atoms with Crippen molar-refractivity contribution < 1.29 is 24.2 Å². The molecule has 0 bridgehead atoms. The summed E-state index contributed by atoms with van der Waals surface area (Å²) in [5.74, 6) is 0.525. The highest BCUT2D eigenvalue weighted by Crippen LogP contribution is 2.44. The van der Waals surface area contributed by atoms with E-state index in [1.54, 1.807) is 30.3 Å². The van der Waals surface area contributed by atoms with Gasteiger partial charge in [0.05, 0.1) is 18.7 Å². The fourth-order valence-corrected chi connectivity index (χ4v) is 4.42. The zero-order valence-electron chi connectivity index (χ0n) is 17.9. The lowest BCUT2D eigenvalue weighted by molar-refractivity contribution is -0.136. The summed E-state index contributed by atoms with van der Waals surface area (Å²) in [6.45, 7) is 4.18. The van der Waals surface area contributed by atoms with Crippen molar-refractivity contribution in [2.45, 2.75) is 32.4 Å². The first-order valence-corrected chi connectivity index (χ1v) is 10.5. The lowest BCUT2D eigenvalue weighted by Crippen LogP contribution is -2.41. The van der Waals surface area contributed by atoms with Crippen molar-refractivity contribution in [2.75, 3.05) is 11.7 Å². The van der Waals surface area contributed by atoms with Crippen molar-refractivity contribution >= 4 is 17.4 Å². The predicted molar refractivity (Wildman–Crippen MR) is 119 cm³/mol. The van der Waals surface area contributed by atoms with E-state index in [4.69, 9.17) is 9.47 Å². The smallest absolute Gasteiger partial charge is 0.264 e. The molecule has 0 fully saturated rings. The van der Waals surface area contributed by atoms with Crippen molar-refractivity contribution in [1.82, 2.24) is 0 Å². The molecule has 5 rings (SSSR count). The molecular formula is C26H23NO5. The summed E-state index contributed by atoms with van der Waals surface area (Å²) in [5, 5.41) is 11.6. The second-order valence-electron chi connectivity index (χ2n) is 8.37. The average molecular weight is 429 g/mol. The summed E-state index contributed by atoms with van der Waals surface area (Å²) in [7, 11) is 0. The molecule has 6 heteroatoms. The molecule has 0 unspecified atom stereocenters. The number of aliphatic hydroxyl groups is 1. The summed E-state index contributed by atoms with van der Waals surface area (Å²) >= 11 is 0. The Hall–Kier alpha value is -3.64. The number of amides is 1. The number of anilines is 1. The molecule has 1 N–H and O–H groups in total. The maximum atomic E-state index is 13.5. The van der Waals surface area contributed by atoms with E-state index in [-0.39, 0.29) is 25.5 Å². The van der Waals surface area contributed by atoms with Gasteiger partial charge in [-0.25, -0.2) is 0 Å². The van der Waals surface area contributed by atoms with Crippen LogP contribution in [-0.2, 0) is 16.9 Å². The largest absolute Gasteiger partial charge is 0.454 e. The van der Waals surface area contributed by atoms with Gasteiger partial charge in [-0.1, -0.05) is 42.0 Å². The zero-order chi connectivity index (χ0) is 22.5. The zero-order valence-corrected chi connectivity index (χ0v) is 17.9. The Morgan fingerprint density at radius 3 is 2.66 bits per heavy atom. The highest BCUT2D eigenvalue weighted by Gasteiger charge is 2.50. The number of benzene rings is 3. The molecule has 0 spiro atoms. The van der Waals surface area contributed by atoms with Crippen LogP contribution in [0.4, 0.5) is 5.69 Å². The Balaban J connectivity index is 1.48. The molecule has 0 saturated carbocycles. The van der Waals surface area contributed by atoms with Crippen molar-refractivity contribution in [3.8, 4) is 11.5 Å². The SMILES string of the molecule is Cc1ccc(C)c(C(=O)C[C@]2(O)C(=O)N(Cc3ccc4c(c3)OCO4)c3ccccc32)c1. The minimum absolute atomic E-state index is 0.171. The summed E-state index contributed by atoms with van der Waals surface area (Å²) in [6, 6.07) is 18.2. The van der Waals surface area contributed by atoms with Crippen LogP contribution in [0.2, 0.25) is 0 Å². The van der Waals surface area contributed by atoms with E-state index in [9.17, 15) is 14.7 Å². The van der Waals surface area contributed by atoms with E-state index >= 15 is 0 Å². The van der Waals surface area contributed by atoms with Crippen LogP contribution in [0.1, 0.15) is 39.0 Å². The van der Waals surface area contributed by atoms with Gasteiger partial charge in [-0.2, -0.15) is 0 Å². The number of aryl methyl sites for hydroxylation is 2. The van der Waals surface area contributed by atoms with Crippen LogP contribution in [0.5, 0.6) is 11.5 Å². The standard InChI is InChI=1S/C26H23NO5/c1-16-7-8-17(2)19(11-16)22(28)13-26(30)20-5-3-4-6-21(20)27(25(26)29)14-18-9-10-23-24(12-18)32-15-31-23/h3-12,30H,13-15H2,1-2H3/t26-/m1/s1. The quantitative estimate of drug-likeness (QED) is 0.620. The normalized spacial score (nSPS) is 18.7. The summed E-state index contributed by atoms with van der Waals surface area (Å²) in [6.07, 6.45) is -0.315.